The van der Waals surface area contributed by atoms with E-state index in [-0.39, 0.29) is 0 Å². The average molecular weight is 241 g/mol. The Hall–Kier alpha value is -0.810. The molecule has 0 aliphatic carbocycles. The number of hydrogen-bond acceptors (Lipinski definition) is 3. The van der Waals surface area contributed by atoms with Gasteiger partial charge in [-0.1, -0.05) is 12.2 Å². The van der Waals surface area contributed by atoms with Crippen LogP contribution in [0, 0.1) is 0 Å². The Morgan fingerprint density at radius 2 is 2.40 bits per heavy atom. The van der Waals surface area contributed by atoms with Gasteiger partial charge < -0.3 is 10.6 Å². The van der Waals surface area contributed by atoms with E-state index in [1.165, 1.54) is 0 Å². The number of nitrogens with two attached hydrogens (primary N) is 1. The summed E-state index contributed by atoms with van der Waals surface area (Å²) in [6.45, 7) is 3.74. The fourth-order valence-electron chi connectivity index (χ4n) is 1.29. The molecular weight excluding hydrogens is 226 g/mol. The third-order valence-electron chi connectivity index (χ3n) is 2.24. The molecule has 0 atom stereocenters. The highest BCUT2D eigenvalue weighted by molar-refractivity contribution is 8.10. The molecule has 3 nitrogen and oxygen atoms in total. The van der Waals surface area contributed by atoms with Crippen LogP contribution in [0.15, 0.2) is 18.5 Å². The molecule has 1 aromatic heterocycles. The van der Waals surface area contributed by atoms with E-state index in [1.807, 2.05) is 11.0 Å². The molecule has 0 radical (unpaired) electrons. The van der Waals surface area contributed by atoms with Gasteiger partial charge in [-0.25, -0.2) is 0 Å². The molecule has 0 amide bonds. The number of nitrogens with zero attached hydrogens (tertiary/aromatic N) is 2. The van der Waals surface area contributed by atoms with Crippen LogP contribution < -0.4 is 5.73 Å². The molecule has 2 N–H and O–H groups in total. The molecule has 0 aliphatic heterocycles. The van der Waals surface area contributed by atoms with Gasteiger partial charge >= 0.3 is 0 Å². The number of anilines is 1. The van der Waals surface area contributed by atoms with Gasteiger partial charge in [-0.3, -0.25) is 4.98 Å². The van der Waals surface area contributed by atoms with Crippen molar-refractivity contribution >= 4 is 34.9 Å². The van der Waals surface area contributed by atoms with E-state index < -0.39 is 0 Å². The van der Waals surface area contributed by atoms with Gasteiger partial charge in [0.1, 0.15) is 4.32 Å². The Labute approximate surface area is 101 Å². The van der Waals surface area contributed by atoms with Crippen LogP contribution in [0.25, 0.3) is 0 Å². The summed E-state index contributed by atoms with van der Waals surface area (Å²) in [5, 5.41) is 0. The van der Waals surface area contributed by atoms with E-state index >= 15 is 0 Å². The van der Waals surface area contributed by atoms with Gasteiger partial charge in [0.25, 0.3) is 0 Å². The molecule has 82 valence electrons. The molecule has 0 unspecified atom stereocenters. The Kier molecular flexibility index (Phi) is 4.84. The predicted molar refractivity (Wildman–Crippen MR) is 71.2 cm³/mol. The van der Waals surface area contributed by atoms with E-state index in [2.05, 4.69) is 24.5 Å². The Morgan fingerprint density at radius 3 is 2.93 bits per heavy atom. The summed E-state index contributed by atoms with van der Waals surface area (Å²) >= 11 is 9.16. The highest BCUT2D eigenvalue weighted by Crippen LogP contribution is 2.10. The van der Waals surface area contributed by atoms with Crippen LogP contribution >= 0.6 is 24.8 Å². The van der Waals surface area contributed by atoms with Crippen molar-refractivity contribution in [1.82, 2.24) is 9.88 Å². The maximum absolute atomic E-state index is 5.81. The van der Waals surface area contributed by atoms with Crippen molar-refractivity contribution in [3.05, 3.63) is 24.0 Å². The van der Waals surface area contributed by atoms with E-state index in [0.29, 0.717) is 4.32 Å². The quantitative estimate of drug-likeness (QED) is 0.622. The molecule has 0 fully saturated rings. The number of likely N-dealkylation sites (N-methyl/N-ethyl adjacent to an activating group) is 1. The summed E-state index contributed by atoms with van der Waals surface area (Å²) in [7, 11) is 0. The zero-order valence-corrected chi connectivity index (χ0v) is 10.4. The zero-order valence-electron chi connectivity index (χ0n) is 8.68. The summed E-state index contributed by atoms with van der Waals surface area (Å²) in [6.07, 6.45) is 4.33. The largest absolute Gasteiger partial charge is 0.398 e. The average Bonchev–Trinajstić information content (AvgIpc) is 2.21. The van der Waals surface area contributed by atoms with Crippen LogP contribution in [0.1, 0.15) is 12.5 Å². The molecule has 0 saturated heterocycles. The molecule has 1 rings (SSSR count). The summed E-state index contributed by atoms with van der Waals surface area (Å²) in [6, 6.07) is 1.81. The SMILES string of the molecule is CCN(CCc1cnccc1N)C(=S)S. The Balaban J connectivity index is 2.56. The van der Waals surface area contributed by atoms with Crippen molar-refractivity contribution in [2.45, 2.75) is 13.3 Å². The Bertz CT molecular complexity index is 341. The van der Waals surface area contributed by atoms with Crippen LogP contribution in [0.4, 0.5) is 5.69 Å². The van der Waals surface area contributed by atoms with Gasteiger partial charge in [-0.05, 0) is 25.0 Å². The number of pyridine rings is 1. The van der Waals surface area contributed by atoms with E-state index in [4.69, 9.17) is 18.0 Å². The van der Waals surface area contributed by atoms with Gasteiger partial charge in [0.2, 0.25) is 0 Å². The fourth-order valence-corrected chi connectivity index (χ4v) is 1.75. The van der Waals surface area contributed by atoms with Crippen LogP contribution in [-0.4, -0.2) is 27.3 Å². The molecule has 0 saturated carbocycles. The highest BCUT2D eigenvalue weighted by Gasteiger charge is 2.05. The van der Waals surface area contributed by atoms with E-state index in [0.717, 1.165) is 30.8 Å². The Morgan fingerprint density at radius 1 is 1.67 bits per heavy atom. The van der Waals surface area contributed by atoms with Crippen molar-refractivity contribution in [3.8, 4) is 0 Å². The summed E-state index contributed by atoms with van der Waals surface area (Å²) < 4.78 is 0.625. The first-order chi connectivity index (χ1) is 7.15. The molecule has 0 spiro atoms. The number of thiol groups is 1. The van der Waals surface area contributed by atoms with Crippen LogP contribution in [0.2, 0.25) is 0 Å². The van der Waals surface area contributed by atoms with Gasteiger partial charge in [0, 0.05) is 31.2 Å². The molecule has 15 heavy (non-hydrogen) atoms. The summed E-state index contributed by atoms with van der Waals surface area (Å²) in [5.41, 5.74) is 7.65. The molecule has 1 heterocycles. The van der Waals surface area contributed by atoms with Gasteiger partial charge in [0.15, 0.2) is 0 Å². The number of aromatic nitrogens is 1. The second-order valence-corrected chi connectivity index (χ2v) is 4.30. The van der Waals surface area contributed by atoms with Crippen molar-refractivity contribution in [3.63, 3.8) is 0 Å². The third-order valence-corrected chi connectivity index (χ3v) is 2.79. The number of thiocarbonyl (C=S) groups is 1. The first-order valence-electron chi connectivity index (χ1n) is 4.81. The number of hydrogen-bond donors (Lipinski definition) is 2. The maximum Gasteiger partial charge on any atom is 0.133 e. The lowest BCUT2D eigenvalue weighted by Gasteiger charge is -2.20. The first-order valence-corrected chi connectivity index (χ1v) is 5.67. The molecule has 1 aromatic rings. The maximum atomic E-state index is 5.81. The van der Waals surface area contributed by atoms with Crippen molar-refractivity contribution < 1.29 is 0 Å². The molecule has 0 aliphatic rings. The minimum atomic E-state index is 0.625. The van der Waals surface area contributed by atoms with Crippen molar-refractivity contribution in [1.29, 1.82) is 0 Å². The first kappa shape index (κ1) is 12.3. The van der Waals surface area contributed by atoms with E-state index in [1.54, 1.807) is 12.4 Å². The van der Waals surface area contributed by atoms with E-state index in [9.17, 15) is 0 Å². The molecular formula is C10H15N3S2. The second-order valence-electron chi connectivity index (χ2n) is 3.19. The minimum Gasteiger partial charge on any atom is -0.398 e. The highest BCUT2D eigenvalue weighted by atomic mass is 32.1. The smallest absolute Gasteiger partial charge is 0.133 e. The lowest BCUT2D eigenvalue weighted by atomic mass is 10.2. The minimum absolute atomic E-state index is 0.625. The molecule has 0 bridgehead atoms. The van der Waals surface area contributed by atoms with Gasteiger partial charge in [-0.2, -0.15) is 0 Å². The van der Waals surface area contributed by atoms with Crippen LogP contribution in [0.5, 0.6) is 0 Å². The number of rotatable bonds is 4. The van der Waals surface area contributed by atoms with Crippen molar-refractivity contribution in [2.75, 3.05) is 18.8 Å². The standard InChI is InChI=1S/C10H15N3S2/c1-2-13(10(14)15)6-4-8-7-12-5-3-9(8)11/h3,5,7H,2,4,6H2,1H3,(H2,11,12)(H,14,15). The molecule has 5 heteroatoms. The van der Waals surface area contributed by atoms with Crippen molar-refractivity contribution in [2.24, 2.45) is 0 Å². The third kappa shape index (κ3) is 3.68. The normalized spacial score (nSPS) is 10.0. The van der Waals surface area contributed by atoms with Gasteiger partial charge in [0.05, 0.1) is 0 Å². The van der Waals surface area contributed by atoms with Crippen LogP contribution in [0.3, 0.4) is 0 Å². The monoisotopic (exact) mass is 241 g/mol. The lowest BCUT2D eigenvalue weighted by molar-refractivity contribution is 0.460. The van der Waals surface area contributed by atoms with Gasteiger partial charge in [-0.15, -0.1) is 12.6 Å². The topological polar surface area (TPSA) is 42.2 Å². The lowest BCUT2D eigenvalue weighted by Crippen LogP contribution is -2.28. The van der Waals surface area contributed by atoms with Crippen LogP contribution in [-0.2, 0) is 6.42 Å². The fraction of sp³-hybridized carbons (Fsp3) is 0.400. The predicted octanol–water partition coefficient (Wildman–Crippen LogP) is 1.74. The summed E-state index contributed by atoms with van der Waals surface area (Å²) in [5.74, 6) is 0. The number of nitrogen functional groups attached to an aromatic ring is 1. The zero-order chi connectivity index (χ0) is 11.3. The second kappa shape index (κ2) is 5.92. The summed E-state index contributed by atoms with van der Waals surface area (Å²) in [4.78, 5) is 6.06. The molecule has 0 aromatic carbocycles.